The summed E-state index contributed by atoms with van der Waals surface area (Å²) in [6, 6.07) is 0. The molecule has 1 N–H and O–H groups in total. The smallest absolute Gasteiger partial charge is 1.00 e. The maximum absolute atomic E-state index is 9.62. The van der Waals surface area contributed by atoms with E-state index in [1.807, 2.05) is 0 Å². The van der Waals surface area contributed by atoms with Gasteiger partial charge in [0.2, 0.25) is 0 Å². The first-order valence-corrected chi connectivity index (χ1v) is 2.07. The fourth-order valence-electron chi connectivity index (χ4n) is 0. The van der Waals surface area contributed by atoms with Gasteiger partial charge in [-0.25, -0.2) is 0 Å². The summed E-state index contributed by atoms with van der Waals surface area (Å²) in [6.45, 7) is 1.51. The van der Waals surface area contributed by atoms with Crippen molar-refractivity contribution in [2.75, 3.05) is 0 Å². The summed E-state index contributed by atoms with van der Waals surface area (Å²) in [5.74, 6) is -0.877. The van der Waals surface area contributed by atoms with Gasteiger partial charge in [-0.05, 0) is 6.92 Å². The molecule has 0 aromatic heterocycles. The molecular formula is C3H8CaO2S. The third-order valence-electron chi connectivity index (χ3n) is 0.357. The number of thiol groups is 1. The van der Waals surface area contributed by atoms with E-state index in [-0.39, 0.29) is 40.6 Å². The monoisotopic (exact) mass is 148 g/mol. The summed E-state index contributed by atoms with van der Waals surface area (Å²) >= 11 is 3.59. The largest absolute Gasteiger partial charge is 2.00 e. The van der Waals surface area contributed by atoms with Crippen LogP contribution in [0.15, 0.2) is 0 Å². The number of hydrogen-bond donors (Lipinski definition) is 2. The molecular weight excluding hydrogens is 140 g/mol. The number of carboxylic acid groups (broad SMARTS) is 1. The van der Waals surface area contributed by atoms with Crippen molar-refractivity contribution in [1.82, 2.24) is 0 Å². The van der Waals surface area contributed by atoms with E-state index in [0.717, 1.165) is 0 Å². The average Bonchev–Trinajstić information content (AvgIpc) is 1.36. The van der Waals surface area contributed by atoms with Gasteiger partial charge < -0.3 is 7.96 Å². The van der Waals surface area contributed by atoms with Crippen molar-refractivity contribution >= 4 is 56.3 Å². The zero-order valence-electron chi connectivity index (χ0n) is 6.09. The predicted molar refractivity (Wildman–Crippen MR) is 34.1 cm³/mol. The molecule has 4 heteroatoms. The van der Waals surface area contributed by atoms with Crippen molar-refractivity contribution in [2.24, 2.45) is 0 Å². The summed E-state index contributed by atoms with van der Waals surface area (Å²) in [4.78, 5) is 9.62. The number of aliphatic carboxylic acids is 1. The van der Waals surface area contributed by atoms with Crippen molar-refractivity contribution in [2.45, 2.75) is 12.2 Å². The van der Waals surface area contributed by atoms with Gasteiger partial charge in [-0.15, -0.1) is 0 Å². The Bertz CT molecular complexity index is 70.8. The average molecular weight is 148 g/mol. The maximum atomic E-state index is 9.62. The Balaban J connectivity index is -0.0000000417. The molecule has 0 aromatic carbocycles. The van der Waals surface area contributed by atoms with Crippen LogP contribution in [0.2, 0.25) is 0 Å². The molecule has 7 heavy (non-hydrogen) atoms. The second-order valence-electron chi connectivity index (χ2n) is 1.01. The van der Waals surface area contributed by atoms with Crippen molar-refractivity contribution in [3.05, 3.63) is 0 Å². The molecule has 0 heterocycles. The van der Waals surface area contributed by atoms with Crippen LogP contribution >= 0.6 is 12.6 Å². The number of carbonyl (C=O) groups is 1. The van der Waals surface area contributed by atoms with E-state index in [0.29, 0.717) is 0 Å². The fraction of sp³-hybridized carbons (Fsp3) is 0.667. The Morgan fingerprint density at radius 3 is 2.14 bits per heavy atom. The Morgan fingerprint density at radius 1 is 2.00 bits per heavy atom. The summed E-state index contributed by atoms with van der Waals surface area (Å²) in [6.07, 6.45) is 0. The van der Waals surface area contributed by atoms with Gasteiger partial charge in [0.05, 0.1) is 5.25 Å². The molecule has 0 saturated carbocycles. The van der Waals surface area contributed by atoms with Crippen LogP contribution < -0.4 is 0 Å². The van der Waals surface area contributed by atoms with Crippen molar-refractivity contribution in [1.29, 1.82) is 0 Å². The van der Waals surface area contributed by atoms with Gasteiger partial charge in [-0.2, -0.15) is 12.6 Å². The molecule has 0 amide bonds. The molecule has 40 valence electrons. The Morgan fingerprint density at radius 2 is 2.14 bits per heavy atom. The van der Waals surface area contributed by atoms with Crippen LogP contribution in [0.5, 0.6) is 0 Å². The molecule has 1 atom stereocenters. The van der Waals surface area contributed by atoms with Crippen LogP contribution in [0.1, 0.15) is 9.78 Å². The number of carboxylic acids is 1. The third-order valence-corrected chi connectivity index (χ3v) is 0.578. The predicted octanol–water partition coefficient (Wildman–Crippen LogP) is 0.233. The number of rotatable bonds is 1. The van der Waals surface area contributed by atoms with Gasteiger partial charge >= 0.3 is 43.7 Å². The quantitative estimate of drug-likeness (QED) is 0.413. The Labute approximate surface area is 80.7 Å². The fourth-order valence-corrected chi connectivity index (χ4v) is 0. The molecule has 1 unspecified atom stereocenters. The van der Waals surface area contributed by atoms with Crippen LogP contribution in [0.3, 0.4) is 0 Å². The van der Waals surface area contributed by atoms with Gasteiger partial charge in [-0.1, -0.05) is 0 Å². The van der Waals surface area contributed by atoms with E-state index in [1.54, 1.807) is 0 Å². The zero-order valence-corrected chi connectivity index (χ0v) is 7.19. The van der Waals surface area contributed by atoms with Crippen molar-refractivity contribution in [3.63, 3.8) is 0 Å². The second kappa shape index (κ2) is 5.22. The summed E-state index contributed by atoms with van der Waals surface area (Å²) < 4.78 is 0. The first-order chi connectivity index (χ1) is 2.64. The maximum Gasteiger partial charge on any atom is 2.00 e. The molecule has 0 fully saturated rings. The van der Waals surface area contributed by atoms with Crippen LogP contribution in [-0.4, -0.2) is 54.1 Å². The minimum absolute atomic E-state index is 0. The van der Waals surface area contributed by atoms with E-state index in [1.165, 1.54) is 6.92 Å². The molecule has 0 aliphatic carbocycles. The van der Waals surface area contributed by atoms with Crippen LogP contribution in [0.4, 0.5) is 0 Å². The van der Waals surface area contributed by atoms with E-state index in [9.17, 15) is 4.79 Å². The van der Waals surface area contributed by atoms with E-state index < -0.39 is 11.2 Å². The topological polar surface area (TPSA) is 37.3 Å². The normalized spacial score (nSPS) is 11.7. The van der Waals surface area contributed by atoms with Crippen molar-refractivity contribution < 1.29 is 12.8 Å². The van der Waals surface area contributed by atoms with Gasteiger partial charge in [0.1, 0.15) is 0 Å². The van der Waals surface area contributed by atoms with E-state index >= 15 is 0 Å². The number of hydrogen-bond acceptors (Lipinski definition) is 2. The van der Waals surface area contributed by atoms with Gasteiger partial charge in [0, 0.05) is 0 Å². The molecule has 0 saturated heterocycles. The SMILES string of the molecule is CC(S)C(=O)O.[Ca+2].[H-].[H-]. The van der Waals surface area contributed by atoms with Gasteiger partial charge in [0.15, 0.2) is 0 Å². The minimum atomic E-state index is -0.877. The molecule has 0 spiro atoms. The Kier molecular flexibility index (Phi) is 8.17. The molecule has 2 nitrogen and oxygen atoms in total. The van der Waals surface area contributed by atoms with Crippen LogP contribution in [0, 0.1) is 0 Å². The molecule has 0 aromatic rings. The third kappa shape index (κ3) is 7.08. The first-order valence-electron chi connectivity index (χ1n) is 1.55. The standard InChI is InChI=1S/C3H6O2S.Ca.2H/c1-2(6)3(4)5;;;/h2,6H,1H3,(H,4,5);;;/q;+2;2*-1. The molecule has 0 aliphatic heterocycles. The van der Waals surface area contributed by atoms with E-state index in [2.05, 4.69) is 12.6 Å². The van der Waals surface area contributed by atoms with Crippen LogP contribution in [-0.2, 0) is 4.79 Å². The second-order valence-corrected chi connectivity index (χ2v) is 1.79. The van der Waals surface area contributed by atoms with Gasteiger partial charge in [0.25, 0.3) is 0 Å². The van der Waals surface area contributed by atoms with Crippen LogP contribution in [0.25, 0.3) is 0 Å². The zero-order chi connectivity index (χ0) is 5.15. The first kappa shape index (κ1) is 11.0. The van der Waals surface area contributed by atoms with Gasteiger partial charge in [-0.3, -0.25) is 4.79 Å². The molecule has 0 radical (unpaired) electrons. The summed E-state index contributed by atoms with van der Waals surface area (Å²) in [7, 11) is 0. The summed E-state index contributed by atoms with van der Waals surface area (Å²) in [5, 5.41) is 7.38. The summed E-state index contributed by atoms with van der Waals surface area (Å²) in [5.41, 5.74) is 0. The van der Waals surface area contributed by atoms with Crippen molar-refractivity contribution in [3.8, 4) is 0 Å². The minimum Gasteiger partial charge on any atom is -1.00 e. The van der Waals surface area contributed by atoms with E-state index in [4.69, 9.17) is 5.11 Å². The molecule has 0 bridgehead atoms. The molecule has 0 aliphatic rings. The molecule has 0 rings (SSSR count). The Hall–Kier alpha value is 1.08.